The lowest BCUT2D eigenvalue weighted by Crippen LogP contribution is -2.69. The minimum absolute atomic E-state index is 0.000694. The van der Waals surface area contributed by atoms with Crippen molar-refractivity contribution >= 4 is 11.0 Å². The van der Waals surface area contributed by atoms with E-state index in [1.165, 1.54) is 5.56 Å². The maximum absolute atomic E-state index is 6.04. The molecule has 1 aromatic carbocycles. The summed E-state index contributed by atoms with van der Waals surface area (Å²) in [5.41, 5.74) is 9.40. The van der Waals surface area contributed by atoms with Gasteiger partial charge in [-0.25, -0.2) is 4.98 Å². The number of benzene rings is 1. The van der Waals surface area contributed by atoms with Crippen molar-refractivity contribution in [2.45, 2.75) is 5.41 Å². The van der Waals surface area contributed by atoms with Crippen LogP contribution in [0.4, 0.5) is 0 Å². The fourth-order valence-electron chi connectivity index (χ4n) is 3.26. The monoisotopic (exact) mass is 259 g/mol. The number of aromatic nitrogens is 2. The Morgan fingerprint density at radius 1 is 1.21 bits per heavy atom. The Morgan fingerprint density at radius 3 is 2.58 bits per heavy atom. The molecule has 3 N–H and O–H groups in total. The first-order valence-electron chi connectivity index (χ1n) is 6.59. The lowest BCUT2D eigenvalue weighted by Gasteiger charge is -2.59. The van der Waals surface area contributed by atoms with Gasteiger partial charge in [-0.3, -0.25) is 0 Å². The highest BCUT2D eigenvalue weighted by Crippen LogP contribution is 2.51. The van der Waals surface area contributed by atoms with Crippen LogP contribution in [0.3, 0.4) is 0 Å². The number of H-pyrrole nitrogens is 1. The molecule has 2 aliphatic rings. The normalized spacial score (nSPS) is 23.8. The SMILES string of the molecule is NCC1(C2(c3ccc4nc[nH]c4c3)COC2)COC1. The Hall–Kier alpha value is -1.43. The van der Waals surface area contributed by atoms with Crippen LogP contribution >= 0.6 is 0 Å². The molecular formula is C14H17N3O2. The van der Waals surface area contributed by atoms with E-state index in [1.54, 1.807) is 6.33 Å². The van der Waals surface area contributed by atoms with Crippen molar-refractivity contribution in [3.05, 3.63) is 30.1 Å². The van der Waals surface area contributed by atoms with Crippen molar-refractivity contribution in [1.82, 2.24) is 9.97 Å². The van der Waals surface area contributed by atoms with Crippen molar-refractivity contribution in [1.29, 1.82) is 0 Å². The highest BCUT2D eigenvalue weighted by Gasteiger charge is 2.60. The fourth-order valence-corrected chi connectivity index (χ4v) is 3.26. The average molecular weight is 259 g/mol. The molecule has 2 fully saturated rings. The summed E-state index contributed by atoms with van der Waals surface area (Å²) in [6, 6.07) is 6.40. The molecule has 0 radical (unpaired) electrons. The second-order valence-electron chi connectivity index (χ2n) is 5.69. The Bertz CT molecular complexity index is 608. The molecule has 0 bridgehead atoms. The topological polar surface area (TPSA) is 73.2 Å². The molecule has 19 heavy (non-hydrogen) atoms. The van der Waals surface area contributed by atoms with Crippen molar-refractivity contribution in [2.75, 3.05) is 33.0 Å². The van der Waals surface area contributed by atoms with E-state index in [0.717, 1.165) is 37.5 Å². The van der Waals surface area contributed by atoms with Gasteiger partial charge in [0.05, 0.1) is 49.2 Å². The fraction of sp³-hybridized carbons (Fsp3) is 0.500. The first-order valence-corrected chi connectivity index (χ1v) is 6.59. The molecule has 5 heteroatoms. The third-order valence-corrected chi connectivity index (χ3v) is 4.83. The van der Waals surface area contributed by atoms with Crippen LogP contribution in [-0.2, 0) is 14.9 Å². The van der Waals surface area contributed by atoms with Gasteiger partial charge >= 0.3 is 0 Å². The molecule has 100 valence electrons. The summed E-state index contributed by atoms with van der Waals surface area (Å²) in [5, 5.41) is 0. The lowest BCUT2D eigenvalue weighted by atomic mass is 9.57. The smallest absolute Gasteiger partial charge is 0.0931 e. The van der Waals surface area contributed by atoms with Gasteiger partial charge in [-0.15, -0.1) is 0 Å². The summed E-state index contributed by atoms with van der Waals surface area (Å²) in [6.07, 6.45) is 1.73. The van der Waals surface area contributed by atoms with E-state index in [4.69, 9.17) is 15.2 Å². The quantitative estimate of drug-likeness (QED) is 0.855. The van der Waals surface area contributed by atoms with Gasteiger partial charge in [0.25, 0.3) is 0 Å². The Labute approximate surface area is 111 Å². The van der Waals surface area contributed by atoms with E-state index in [9.17, 15) is 0 Å². The van der Waals surface area contributed by atoms with E-state index < -0.39 is 0 Å². The number of nitrogens with zero attached hydrogens (tertiary/aromatic N) is 1. The lowest BCUT2D eigenvalue weighted by molar-refractivity contribution is -0.223. The van der Waals surface area contributed by atoms with Gasteiger partial charge in [-0.1, -0.05) is 6.07 Å². The molecule has 0 unspecified atom stereocenters. The van der Waals surface area contributed by atoms with Crippen molar-refractivity contribution in [3.8, 4) is 0 Å². The third-order valence-electron chi connectivity index (χ3n) is 4.83. The predicted molar refractivity (Wildman–Crippen MR) is 70.9 cm³/mol. The molecule has 2 saturated heterocycles. The minimum Gasteiger partial charge on any atom is -0.380 e. The number of ether oxygens (including phenoxy) is 2. The second kappa shape index (κ2) is 3.79. The summed E-state index contributed by atoms with van der Waals surface area (Å²) in [7, 11) is 0. The summed E-state index contributed by atoms with van der Waals surface area (Å²) in [4.78, 5) is 7.44. The van der Waals surface area contributed by atoms with Gasteiger partial charge in [-0.05, 0) is 17.7 Å². The second-order valence-corrected chi connectivity index (χ2v) is 5.69. The Kier molecular flexibility index (Phi) is 2.27. The predicted octanol–water partition coefficient (Wildman–Crippen LogP) is 0.806. The molecule has 1 aromatic heterocycles. The maximum Gasteiger partial charge on any atom is 0.0931 e. The number of imidazole rings is 1. The van der Waals surface area contributed by atoms with Crippen LogP contribution in [0, 0.1) is 5.41 Å². The highest BCUT2D eigenvalue weighted by molar-refractivity contribution is 5.75. The van der Waals surface area contributed by atoms with Gasteiger partial charge in [0, 0.05) is 12.0 Å². The van der Waals surface area contributed by atoms with Gasteiger partial charge in [0.1, 0.15) is 0 Å². The van der Waals surface area contributed by atoms with Crippen LogP contribution in [0.5, 0.6) is 0 Å². The van der Waals surface area contributed by atoms with Gasteiger partial charge < -0.3 is 20.2 Å². The van der Waals surface area contributed by atoms with Crippen LogP contribution in [-0.4, -0.2) is 42.9 Å². The molecule has 0 saturated carbocycles. The van der Waals surface area contributed by atoms with E-state index in [-0.39, 0.29) is 10.8 Å². The van der Waals surface area contributed by atoms with Crippen molar-refractivity contribution in [2.24, 2.45) is 11.1 Å². The molecular weight excluding hydrogens is 242 g/mol. The standard InChI is InChI=1S/C14H17N3O2/c15-4-13(5-18-6-13)14(7-19-8-14)10-1-2-11-12(3-10)17-9-16-11/h1-3,9H,4-8,15H2,(H,16,17). The van der Waals surface area contributed by atoms with Crippen LogP contribution < -0.4 is 5.73 Å². The number of fused-ring (bicyclic) bond motifs is 1. The highest BCUT2D eigenvalue weighted by atomic mass is 16.5. The molecule has 0 amide bonds. The first-order chi connectivity index (χ1) is 9.30. The van der Waals surface area contributed by atoms with E-state index in [2.05, 4.69) is 28.2 Å². The first kappa shape index (κ1) is 11.4. The zero-order valence-corrected chi connectivity index (χ0v) is 10.7. The molecule has 2 aliphatic heterocycles. The van der Waals surface area contributed by atoms with Crippen LogP contribution in [0.2, 0.25) is 0 Å². The number of hydrogen-bond acceptors (Lipinski definition) is 4. The molecule has 5 nitrogen and oxygen atoms in total. The van der Waals surface area contributed by atoms with E-state index in [0.29, 0.717) is 6.54 Å². The number of hydrogen-bond donors (Lipinski definition) is 2. The summed E-state index contributed by atoms with van der Waals surface area (Å²) in [5.74, 6) is 0. The van der Waals surface area contributed by atoms with Gasteiger partial charge in [-0.2, -0.15) is 0 Å². The van der Waals surface area contributed by atoms with Crippen molar-refractivity contribution in [3.63, 3.8) is 0 Å². The summed E-state index contributed by atoms with van der Waals surface area (Å²) >= 11 is 0. The van der Waals surface area contributed by atoms with E-state index in [1.807, 2.05) is 0 Å². The van der Waals surface area contributed by atoms with Gasteiger partial charge in [0.15, 0.2) is 0 Å². The summed E-state index contributed by atoms with van der Waals surface area (Å²) in [6.45, 7) is 3.56. The summed E-state index contributed by atoms with van der Waals surface area (Å²) < 4.78 is 11.0. The molecule has 4 rings (SSSR count). The number of nitrogens with one attached hydrogen (secondary N) is 1. The minimum atomic E-state index is -0.000694. The molecule has 2 aromatic rings. The Balaban J connectivity index is 1.83. The van der Waals surface area contributed by atoms with Crippen LogP contribution in [0.15, 0.2) is 24.5 Å². The number of rotatable bonds is 3. The third kappa shape index (κ3) is 1.32. The largest absolute Gasteiger partial charge is 0.380 e. The van der Waals surface area contributed by atoms with E-state index >= 15 is 0 Å². The molecule has 3 heterocycles. The molecule has 0 atom stereocenters. The zero-order chi connectivity index (χ0) is 12.9. The number of aromatic amines is 1. The Morgan fingerprint density at radius 2 is 2.00 bits per heavy atom. The van der Waals surface area contributed by atoms with Gasteiger partial charge in [0.2, 0.25) is 0 Å². The molecule has 0 aliphatic carbocycles. The number of nitrogens with two attached hydrogens (primary N) is 1. The maximum atomic E-state index is 6.04. The van der Waals surface area contributed by atoms with Crippen molar-refractivity contribution < 1.29 is 9.47 Å². The van der Waals surface area contributed by atoms with Crippen LogP contribution in [0.1, 0.15) is 5.56 Å². The molecule has 0 spiro atoms. The average Bonchev–Trinajstić information content (AvgIpc) is 2.78. The van der Waals surface area contributed by atoms with Crippen LogP contribution in [0.25, 0.3) is 11.0 Å². The zero-order valence-electron chi connectivity index (χ0n) is 10.7.